The Labute approximate surface area is 130 Å². The van der Waals surface area contributed by atoms with Crippen LogP contribution in [0, 0.1) is 5.82 Å². The Morgan fingerprint density at radius 2 is 2.09 bits per heavy atom. The summed E-state index contributed by atoms with van der Waals surface area (Å²) < 4.78 is 13.6. The number of anilines is 1. The first-order valence-corrected chi connectivity index (χ1v) is 7.61. The molecule has 0 saturated carbocycles. The molecule has 4 heteroatoms. The number of halogens is 1. The van der Waals surface area contributed by atoms with Gasteiger partial charge in [-0.05, 0) is 29.7 Å². The highest BCUT2D eigenvalue weighted by Gasteiger charge is 2.16. The van der Waals surface area contributed by atoms with Crippen molar-refractivity contribution in [2.75, 3.05) is 25.0 Å². The molecule has 2 N–H and O–H groups in total. The summed E-state index contributed by atoms with van der Waals surface area (Å²) in [5, 5.41) is 13.3. The van der Waals surface area contributed by atoms with Crippen LogP contribution in [0.25, 0.3) is 0 Å². The lowest BCUT2D eigenvalue weighted by atomic mass is 10.1. The van der Waals surface area contributed by atoms with Gasteiger partial charge in [0, 0.05) is 37.9 Å². The number of aliphatic hydroxyl groups excluding tert-OH is 1. The third-order valence-electron chi connectivity index (χ3n) is 4.20. The van der Waals surface area contributed by atoms with Crippen LogP contribution in [0.4, 0.5) is 10.1 Å². The maximum atomic E-state index is 13.6. The maximum absolute atomic E-state index is 13.6. The third-order valence-corrected chi connectivity index (χ3v) is 4.20. The zero-order valence-corrected chi connectivity index (χ0v) is 12.7. The largest absolute Gasteiger partial charge is 0.387 e. The second-order valence-corrected chi connectivity index (χ2v) is 5.80. The zero-order chi connectivity index (χ0) is 15.5. The van der Waals surface area contributed by atoms with E-state index >= 15 is 0 Å². The van der Waals surface area contributed by atoms with Crippen molar-refractivity contribution in [1.82, 2.24) is 5.32 Å². The number of rotatable bonds is 5. The van der Waals surface area contributed by atoms with Crippen molar-refractivity contribution in [2.45, 2.75) is 19.1 Å². The number of likely N-dealkylation sites (N-methyl/N-ethyl adjacent to an activating group) is 1. The maximum Gasteiger partial charge on any atom is 0.129 e. The van der Waals surface area contributed by atoms with Crippen LogP contribution in [-0.4, -0.2) is 25.2 Å². The van der Waals surface area contributed by atoms with Crippen molar-refractivity contribution >= 4 is 5.69 Å². The first-order chi connectivity index (χ1) is 10.6. The number of nitrogens with zero attached hydrogens (tertiary/aromatic N) is 1. The number of hydrogen-bond donors (Lipinski definition) is 2. The van der Waals surface area contributed by atoms with Gasteiger partial charge >= 0.3 is 0 Å². The molecule has 0 radical (unpaired) electrons. The van der Waals surface area contributed by atoms with E-state index in [1.54, 1.807) is 18.2 Å². The van der Waals surface area contributed by atoms with Crippen molar-refractivity contribution in [3.05, 3.63) is 65.0 Å². The van der Waals surface area contributed by atoms with Gasteiger partial charge in [-0.25, -0.2) is 4.39 Å². The Hall–Kier alpha value is -1.91. The highest BCUT2D eigenvalue weighted by Crippen LogP contribution is 2.27. The molecule has 3 nitrogen and oxygen atoms in total. The van der Waals surface area contributed by atoms with Gasteiger partial charge < -0.3 is 15.3 Å². The number of benzene rings is 2. The average Bonchev–Trinajstić information content (AvgIpc) is 2.88. The summed E-state index contributed by atoms with van der Waals surface area (Å²) in [6, 6.07) is 12.8. The fourth-order valence-electron chi connectivity index (χ4n) is 2.94. The van der Waals surface area contributed by atoms with Crippen LogP contribution in [-0.2, 0) is 13.0 Å². The molecule has 3 rings (SSSR count). The Morgan fingerprint density at radius 1 is 1.27 bits per heavy atom. The number of aliphatic hydroxyl groups is 1. The van der Waals surface area contributed by atoms with Crippen LogP contribution in [0.5, 0.6) is 0 Å². The molecule has 0 aromatic heterocycles. The molecule has 0 amide bonds. The first-order valence-electron chi connectivity index (χ1n) is 7.61. The van der Waals surface area contributed by atoms with Gasteiger partial charge in [-0.2, -0.15) is 0 Å². The van der Waals surface area contributed by atoms with E-state index in [-0.39, 0.29) is 5.82 Å². The van der Waals surface area contributed by atoms with Crippen molar-refractivity contribution in [1.29, 1.82) is 0 Å². The molecule has 2 aromatic carbocycles. The monoisotopic (exact) mass is 300 g/mol. The molecule has 0 bridgehead atoms. The summed E-state index contributed by atoms with van der Waals surface area (Å²) in [7, 11) is 2.11. The third kappa shape index (κ3) is 3.13. The van der Waals surface area contributed by atoms with Gasteiger partial charge in [0.05, 0.1) is 6.10 Å². The highest BCUT2D eigenvalue weighted by molar-refractivity contribution is 5.58. The predicted octanol–water partition coefficient (Wildman–Crippen LogP) is 2.64. The molecule has 1 aliphatic heterocycles. The Kier molecular flexibility index (Phi) is 4.41. The highest BCUT2D eigenvalue weighted by atomic mass is 19.1. The summed E-state index contributed by atoms with van der Waals surface area (Å²) in [6.07, 6.45) is 0.249. The minimum atomic E-state index is -0.832. The minimum Gasteiger partial charge on any atom is -0.387 e. The number of nitrogens with one attached hydrogen (secondary N) is 1. The van der Waals surface area contributed by atoms with E-state index in [0.717, 1.165) is 13.0 Å². The number of hydrogen-bond acceptors (Lipinski definition) is 3. The lowest BCUT2D eigenvalue weighted by Crippen LogP contribution is -2.21. The fourth-order valence-corrected chi connectivity index (χ4v) is 2.94. The van der Waals surface area contributed by atoms with Gasteiger partial charge in [0.1, 0.15) is 5.82 Å². The molecule has 1 atom stereocenters. The molecule has 0 saturated heterocycles. The van der Waals surface area contributed by atoms with Gasteiger partial charge in [0.2, 0.25) is 0 Å². The summed E-state index contributed by atoms with van der Waals surface area (Å²) in [5.41, 5.74) is 4.20. The quantitative estimate of drug-likeness (QED) is 0.891. The van der Waals surface area contributed by atoms with Gasteiger partial charge in [0.25, 0.3) is 0 Å². The SMILES string of the molecule is CN1CCc2cc(CNCC(O)c3ccccc3F)ccc21. The summed E-state index contributed by atoms with van der Waals surface area (Å²) in [5.74, 6) is -0.364. The van der Waals surface area contributed by atoms with Crippen molar-refractivity contribution in [2.24, 2.45) is 0 Å². The van der Waals surface area contributed by atoms with Crippen molar-refractivity contribution in [3.8, 4) is 0 Å². The predicted molar refractivity (Wildman–Crippen MR) is 86.5 cm³/mol. The average molecular weight is 300 g/mol. The van der Waals surface area contributed by atoms with Crippen LogP contribution >= 0.6 is 0 Å². The Bertz CT molecular complexity index is 659. The second kappa shape index (κ2) is 6.46. The van der Waals surface area contributed by atoms with E-state index < -0.39 is 6.10 Å². The molecule has 1 unspecified atom stereocenters. The van der Waals surface area contributed by atoms with E-state index in [0.29, 0.717) is 18.7 Å². The van der Waals surface area contributed by atoms with E-state index in [1.165, 1.54) is 22.9 Å². The molecule has 2 aromatic rings. The van der Waals surface area contributed by atoms with Crippen LogP contribution < -0.4 is 10.2 Å². The first kappa shape index (κ1) is 15.0. The van der Waals surface area contributed by atoms with E-state index in [4.69, 9.17) is 0 Å². The molecule has 0 fully saturated rings. The molecule has 0 spiro atoms. The Morgan fingerprint density at radius 3 is 2.91 bits per heavy atom. The second-order valence-electron chi connectivity index (χ2n) is 5.80. The summed E-state index contributed by atoms with van der Waals surface area (Å²) in [6.45, 7) is 2.07. The van der Waals surface area contributed by atoms with Gasteiger partial charge in [-0.3, -0.25) is 0 Å². The van der Waals surface area contributed by atoms with E-state index in [9.17, 15) is 9.50 Å². The van der Waals surface area contributed by atoms with Gasteiger partial charge in [-0.15, -0.1) is 0 Å². The lowest BCUT2D eigenvalue weighted by molar-refractivity contribution is 0.169. The molecule has 116 valence electrons. The molecule has 1 aliphatic rings. The molecule has 0 aliphatic carbocycles. The molecular formula is C18H21FN2O. The summed E-state index contributed by atoms with van der Waals surface area (Å²) >= 11 is 0. The Balaban J connectivity index is 1.56. The smallest absolute Gasteiger partial charge is 0.129 e. The van der Waals surface area contributed by atoms with Crippen molar-refractivity contribution in [3.63, 3.8) is 0 Å². The summed E-state index contributed by atoms with van der Waals surface area (Å²) in [4.78, 5) is 2.26. The van der Waals surface area contributed by atoms with Crippen LogP contribution in [0.1, 0.15) is 22.8 Å². The fraction of sp³-hybridized carbons (Fsp3) is 0.333. The van der Waals surface area contributed by atoms with Crippen molar-refractivity contribution < 1.29 is 9.50 Å². The minimum absolute atomic E-state index is 0.331. The molecule has 1 heterocycles. The van der Waals surface area contributed by atoms with E-state index in [2.05, 4.69) is 35.5 Å². The number of fused-ring (bicyclic) bond motifs is 1. The standard InChI is InChI=1S/C18H21FN2O/c1-21-9-8-14-10-13(6-7-17(14)21)11-20-12-18(22)15-4-2-3-5-16(15)19/h2-7,10,18,20,22H,8-9,11-12H2,1H3. The van der Waals surface area contributed by atoms with E-state index in [1.807, 2.05) is 0 Å². The molecule has 22 heavy (non-hydrogen) atoms. The van der Waals surface area contributed by atoms with Crippen LogP contribution in [0.15, 0.2) is 42.5 Å². The van der Waals surface area contributed by atoms with Crippen LogP contribution in [0.2, 0.25) is 0 Å². The van der Waals surface area contributed by atoms with Gasteiger partial charge in [-0.1, -0.05) is 30.3 Å². The lowest BCUT2D eigenvalue weighted by Gasteiger charge is -2.14. The zero-order valence-electron chi connectivity index (χ0n) is 12.7. The van der Waals surface area contributed by atoms with Gasteiger partial charge in [0.15, 0.2) is 0 Å². The molecular weight excluding hydrogens is 279 g/mol. The topological polar surface area (TPSA) is 35.5 Å². The van der Waals surface area contributed by atoms with Crippen LogP contribution in [0.3, 0.4) is 0 Å². The normalized spacial score (nSPS) is 15.0.